The Labute approximate surface area is 146 Å². The van der Waals surface area contributed by atoms with Crippen LogP contribution in [0.5, 0.6) is 0 Å². The number of carbonyl (C=O) groups excluding carboxylic acids is 1. The van der Waals surface area contributed by atoms with Gasteiger partial charge in [0.25, 0.3) is 5.91 Å². The van der Waals surface area contributed by atoms with Crippen molar-refractivity contribution in [2.45, 2.75) is 19.9 Å². The maximum absolute atomic E-state index is 12.5. The number of benzene rings is 1. The fourth-order valence-electron chi connectivity index (χ4n) is 2.16. The van der Waals surface area contributed by atoms with Gasteiger partial charge >= 0.3 is 5.97 Å². The Hall–Kier alpha value is -1.18. The second-order valence-electron chi connectivity index (χ2n) is 5.13. The normalized spacial score (nSPS) is 18.4. The summed E-state index contributed by atoms with van der Waals surface area (Å²) in [6.45, 7) is 3.52. The van der Waals surface area contributed by atoms with E-state index in [0.717, 1.165) is 21.8 Å². The summed E-state index contributed by atoms with van der Waals surface area (Å²) >= 11 is 9.72. The first-order valence-corrected chi connectivity index (χ1v) is 8.58. The first-order chi connectivity index (χ1) is 10.3. The van der Waals surface area contributed by atoms with E-state index in [1.165, 1.54) is 4.90 Å². The molecular weight excluding hydrogens is 386 g/mol. The lowest BCUT2D eigenvalue weighted by molar-refractivity contribution is -0.146. The second kappa shape index (κ2) is 6.93. The minimum absolute atomic E-state index is 0.231. The van der Waals surface area contributed by atoms with E-state index in [1.807, 2.05) is 24.3 Å². The number of aliphatic carboxylic acids is 1. The third-order valence-electron chi connectivity index (χ3n) is 3.13. The standard InChI is InChI=1S/C15H14BrNO3S2/c1-8(2)12(14(19)20)17-13(18)11(22-15(17)21)7-9-4-3-5-10(16)6-9/h3-8,12H,1-2H3,(H,19,20)/b11-7-. The van der Waals surface area contributed by atoms with Gasteiger partial charge in [0.15, 0.2) is 0 Å². The molecule has 7 heteroatoms. The molecule has 116 valence electrons. The van der Waals surface area contributed by atoms with E-state index in [9.17, 15) is 14.7 Å². The smallest absolute Gasteiger partial charge is 0.327 e. The van der Waals surface area contributed by atoms with Crippen molar-refractivity contribution in [2.24, 2.45) is 5.92 Å². The lowest BCUT2D eigenvalue weighted by Gasteiger charge is -2.26. The van der Waals surface area contributed by atoms with Gasteiger partial charge in [-0.25, -0.2) is 4.79 Å². The Morgan fingerprint density at radius 1 is 1.45 bits per heavy atom. The van der Waals surface area contributed by atoms with Crippen LogP contribution in [0, 0.1) is 5.92 Å². The number of thiocarbonyl (C=S) groups is 1. The van der Waals surface area contributed by atoms with E-state index in [1.54, 1.807) is 19.9 Å². The quantitative estimate of drug-likeness (QED) is 0.616. The highest BCUT2D eigenvalue weighted by Gasteiger charge is 2.41. The fourth-order valence-corrected chi connectivity index (χ4v) is 3.91. The van der Waals surface area contributed by atoms with Gasteiger partial charge in [0.05, 0.1) is 4.91 Å². The van der Waals surface area contributed by atoms with Crippen molar-refractivity contribution in [3.8, 4) is 0 Å². The summed E-state index contributed by atoms with van der Waals surface area (Å²) in [6, 6.07) is 6.56. The zero-order valence-corrected chi connectivity index (χ0v) is 15.2. The van der Waals surface area contributed by atoms with Gasteiger partial charge < -0.3 is 5.11 Å². The summed E-state index contributed by atoms with van der Waals surface area (Å²) in [7, 11) is 0. The van der Waals surface area contributed by atoms with E-state index < -0.39 is 12.0 Å². The SMILES string of the molecule is CC(C)C(C(=O)O)N1C(=O)/C(=C/c2cccc(Br)c2)SC1=S. The van der Waals surface area contributed by atoms with E-state index in [-0.39, 0.29) is 16.1 Å². The van der Waals surface area contributed by atoms with E-state index in [4.69, 9.17) is 12.2 Å². The molecule has 1 aromatic carbocycles. The van der Waals surface area contributed by atoms with Crippen molar-refractivity contribution in [1.29, 1.82) is 0 Å². The number of rotatable bonds is 4. The molecule has 0 aromatic heterocycles. The van der Waals surface area contributed by atoms with Crippen molar-refractivity contribution in [3.63, 3.8) is 0 Å². The van der Waals surface area contributed by atoms with Crippen molar-refractivity contribution in [2.75, 3.05) is 0 Å². The largest absolute Gasteiger partial charge is 0.480 e. The molecule has 4 nitrogen and oxygen atoms in total. The molecular formula is C15H14BrNO3S2. The molecule has 1 heterocycles. The van der Waals surface area contributed by atoms with Crippen LogP contribution in [0.4, 0.5) is 0 Å². The van der Waals surface area contributed by atoms with Crippen LogP contribution in [-0.2, 0) is 9.59 Å². The molecule has 1 amide bonds. The highest BCUT2D eigenvalue weighted by Crippen LogP contribution is 2.35. The Kier molecular flexibility index (Phi) is 5.41. The Balaban J connectivity index is 2.34. The van der Waals surface area contributed by atoms with Gasteiger partial charge in [-0.15, -0.1) is 0 Å². The molecule has 1 aliphatic heterocycles. The van der Waals surface area contributed by atoms with Crippen molar-refractivity contribution >= 4 is 62.2 Å². The Morgan fingerprint density at radius 3 is 2.68 bits per heavy atom. The van der Waals surface area contributed by atoms with Gasteiger partial charge in [-0.1, -0.05) is 65.9 Å². The molecule has 1 aliphatic rings. The summed E-state index contributed by atoms with van der Waals surface area (Å²) < 4.78 is 1.19. The number of carboxylic acid groups (broad SMARTS) is 1. The van der Waals surface area contributed by atoms with Crippen molar-refractivity contribution in [1.82, 2.24) is 4.90 Å². The minimum atomic E-state index is -1.05. The van der Waals surface area contributed by atoms with Gasteiger partial charge in [0, 0.05) is 4.47 Å². The van der Waals surface area contributed by atoms with Gasteiger partial charge in [-0.2, -0.15) is 0 Å². The van der Waals surface area contributed by atoms with E-state index in [0.29, 0.717) is 4.91 Å². The molecule has 2 rings (SSSR count). The third-order valence-corrected chi connectivity index (χ3v) is 4.96. The van der Waals surface area contributed by atoms with Crippen LogP contribution in [-0.4, -0.2) is 32.2 Å². The number of thioether (sulfide) groups is 1. The molecule has 1 fully saturated rings. The molecule has 0 saturated carbocycles. The summed E-state index contributed by atoms with van der Waals surface area (Å²) in [6.07, 6.45) is 1.73. The highest BCUT2D eigenvalue weighted by molar-refractivity contribution is 9.10. The highest BCUT2D eigenvalue weighted by atomic mass is 79.9. The molecule has 1 N–H and O–H groups in total. The van der Waals surface area contributed by atoms with Crippen molar-refractivity contribution < 1.29 is 14.7 Å². The molecule has 1 atom stereocenters. The predicted octanol–water partition coefficient (Wildman–Crippen LogP) is 3.76. The first kappa shape index (κ1) is 17.2. The molecule has 1 saturated heterocycles. The maximum Gasteiger partial charge on any atom is 0.327 e. The predicted molar refractivity (Wildman–Crippen MR) is 95.4 cm³/mol. The molecule has 1 aromatic rings. The van der Waals surface area contributed by atoms with Crippen LogP contribution < -0.4 is 0 Å². The van der Waals surface area contributed by atoms with Gasteiger partial charge in [-0.3, -0.25) is 9.69 Å². The van der Waals surface area contributed by atoms with Crippen molar-refractivity contribution in [3.05, 3.63) is 39.2 Å². The van der Waals surface area contributed by atoms with Gasteiger partial charge in [0.2, 0.25) is 0 Å². The number of halogens is 1. The zero-order chi connectivity index (χ0) is 16.4. The first-order valence-electron chi connectivity index (χ1n) is 6.56. The number of amides is 1. The fraction of sp³-hybridized carbons (Fsp3) is 0.267. The number of carboxylic acids is 1. The monoisotopic (exact) mass is 399 g/mol. The molecule has 22 heavy (non-hydrogen) atoms. The van der Waals surface area contributed by atoms with Crippen LogP contribution in [0.2, 0.25) is 0 Å². The average molecular weight is 400 g/mol. The maximum atomic E-state index is 12.5. The van der Waals surface area contributed by atoms with Crippen LogP contribution in [0.3, 0.4) is 0 Å². The molecule has 0 aliphatic carbocycles. The number of hydrogen-bond donors (Lipinski definition) is 1. The average Bonchev–Trinajstić information content (AvgIpc) is 2.66. The topological polar surface area (TPSA) is 57.6 Å². The molecule has 0 bridgehead atoms. The summed E-state index contributed by atoms with van der Waals surface area (Å²) in [5.41, 5.74) is 0.853. The zero-order valence-electron chi connectivity index (χ0n) is 11.9. The van der Waals surface area contributed by atoms with Crippen LogP contribution in [0.15, 0.2) is 33.6 Å². The summed E-state index contributed by atoms with van der Waals surface area (Å²) in [4.78, 5) is 25.6. The lowest BCUT2D eigenvalue weighted by Crippen LogP contribution is -2.47. The van der Waals surface area contributed by atoms with Gasteiger partial charge in [-0.05, 0) is 29.7 Å². The summed E-state index contributed by atoms with van der Waals surface area (Å²) in [5, 5.41) is 9.36. The van der Waals surface area contributed by atoms with E-state index >= 15 is 0 Å². The molecule has 0 spiro atoms. The number of hydrogen-bond acceptors (Lipinski definition) is 4. The number of nitrogens with zero attached hydrogens (tertiary/aromatic N) is 1. The van der Waals surface area contributed by atoms with E-state index in [2.05, 4.69) is 15.9 Å². The third kappa shape index (κ3) is 3.59. The minimum Gasteiger partial charge on any atom is -0.480 e. The number of carbonyl (C=O) groups is 2. The van der Waals surface area contributed by atoms with Crippen LogP contribution in [0.1, 0.15) is 19.4 Å². The molecule has 0 radical (unpaired) electrons. The molecule has 1 unspecified atom stereocenters. The van der Waals surface area contributed by atoms with Crippen LogP contribution >= 0.6 is 39.9 Å². The Morgan fingerprint density at radius 2 is 2.14 bits per heavy atom. The van der Waals surface area contributed by atoms with Crippen LogP contribution in [0.25, 0.3) is 6.08 Å². The summed E-state index contributed by atoms with van der Waals surface area (Å²) in [5.74, 6) is -1.63. The lowest BCUT2D eigenvalue weighted by atomic mass is 10.0. The van der Waals surface area contributed by atoms with Gasteiger partial charge in [0.1, 0.15) is 10.4 Å². The Bertz CT molecular complexity index is 673. The second-order valence-corrected chi connectivity index (χ2v) is 7.73.